The number of piperidine rings is 1. The molecular formula is C17H27N3O. The van der Waals surface area contributed by atoms with Crippen LogP contribution >= 0.6 is 0 Å². The first-order valence-electron chi connectivity index (χ1n) is 8.38. The highest BCUT2D eigenvalue weighted by Crippen LogP contribution is 2.36. The summed E-state index contributed by atoms with van der Waals surface area (Å²) in [5, 5.41) is 3.55. The Morgan fingerprint density at radius 1 is 1.38 bits per heavy atom. The first-order valence-corrected chi connectivity index (χ1v) is 8.38. The molecule has 1 atom stereocenters. The van der Waals surface area contributed by atoms with Gasteiger partial charge in [0.2, 0.25) is 0 Å². The molecule has 1 aliphatic carbocycles. The summed E-state index contributed by atoms with van der Waals surface area (Å²) in [7, 11) is 0. The van der Waals surface area contributed by atoms with Crippen molar-refractivity contribution in [1.29, 1.82) is 0 Å². The zero-order valence-corrected chi connectivity index (χ0v) is 13.2. The molecular weight excluding hydrogens is 262 g/mol. The molecule has 1 saturated carbocycles. The third-order valence-electron chi connectivity index (χ3n) is 4.65. The maximum atomic E-state index is 13.0. The van der Waals surface area contributed by atoms with E-state index in [4.69, 9.17) is 0 Å². The van der Waals surface area contributed by atoms with E-state index in [1.165, 1.54) is 32.1 Å². The number of carbonyl (C=O) groups excluding carboxylic acids is 1. The highest BCUT2D eigenvalue weighted by atomic mass is 16.2. The molecule has 0 aromatic carbocycles. The first kappa shape index (κ1) is 14.6. The predicted octanol–water partition coefficient (Wildman–Crippen LogP) is 2.82. The van der Waals surface area contributed by atoms with Crippen molar-refractivity contribution >= 4 is 5.91 Å². The maximum absolute atomic E-state index is 13.0. The van der Waals surface area contributed by atoms with Gasteiger partial charge < -0.3 is 14.8 Å². The molecule has 1 unspecified atom stereocenters. The van der Waals surface area contributed by atoms with Crippen LogP contribution in [0.4, 0.5) is 0 Å². The molecule has 1 aromatic rings. The average Bonchev–Trinajstić information content (AvgIpc) is 3.22. The molecule has 0 spiro atoms. The Balaban J connectivity index is 1.73. The molecule has 1 N–H and O–H groups in total. The minimum Gasteiger partial charge on any atom is -0.340 e. The topological polar surface area (TPSA) is 37.3 Å². The van der Waals surface area contributed by atoms with Crippen molar-refractivity contribution in [2.75, 3.05) is 13.1 Å². The van der Waals surface area contributed by atoms with Crippen molar-refractivity contribution in [3.8, 4) is 0 Å². The monoisotopic (exact) mass is 289 g/mol. The van der Waals surface area contributed by atoms with Crippen molar-refractivity contribution in [3.63, 3.8) is 0 Å². The van der Waals surface area contributed by atoms with Crippen LogP contribution in [0.3, 0.4) is 0 Å². The van der Waals surface area contributed by atoms with Crippen molar-refractivity contribution in [1.82, 2.24) is 14.8 Å². The van der Waals surface area contributed by atoms with E-state index < -0.39 is 0 Å². The SMILES string of the molecule is CC(C)N(CC1CCCCN1)C(=O)c1cccn1C1CC1. The van der Waals surface area contributed by atoms with Gasteiger partial charge >= 0.3 is 0 Å². The molecule has 0 radical (unpaired) electrons. The van der Waals surface area contributed by atoms with Crippen LogP contribution in [-0.2, 0) is 0 Å². The Bertz CT molecular complexity index is 484. The summed E-state index contributed by atoms with van der Waals surface area (Å²) in [5.74, 6) is 0.189. The van der Waals surface area contributed by atoms with Gasteiger partial charge in [0, 0.05) is 30.9 Å². The minimum atomic E-state index is 0.189. The number of nitrogens with zero attached hydrogens (tertiary/aromatic N) is 2. The molecule has 2 aliphatic rings. The van der Waals surface area contributed by atoms with E-state index in [1.807, 2.05) is 17.0 Å². The van der Waals surface area contributed by atoms with Crippen LogP contribution in [0.5, 0.6) is 0 Å². The summed E-state index contributed by atoms with van der Waals surface area (Å²) >= 11 is 0. The Kier molecular flexibility index (Phi) is 4.34. The van der Waals surface area contributed by atoms with E-state index in [2.05, 4.69) is 29.9 Å². The smallest absolute Gasteiger partial charge is 0.270 e. The van der Waals surface area contributed by atoms with Crippen LogP contribution in [0, 0.1) is 0 Å². The quantitative estimate of drug-likeness (QED) is 0.905. The third-order valence-corrected chi connectivity index (χ3v) is 4.65. The van der Waals surface area contributed by atoms with Gasteiger partial charge in [-0.25, -0.2) is 0 Å². The zero-order chi connectivity index (χ0) is 14.8. The lowest BCUT2D eigenvalue weighted by molar-refractivity contribution is 0.0665. The molecule has 4 nitrogen and oxygen atoms in total. The van der Waals surface area contributed by atoms with Gasteiger partial charge in [-0.3, -0.25) is 4.79 Å². The number of hydrogen-bond acceptors (Lipinski definition) is 2. The molecule has 1 saturated heterocycles. The van der Waals surface area contributed by atoms with Crippen molar-refractivity contribution < 1.29 is 4.79 Å². The molecule has 1 aliphatic heterocycles. The fraction of sp³-hybridized carbons (Fsp3) is 0.706. The second kappa shape index (κ2) is 6.22. The Hall–Kier alpha value is -1.29. The van der Waals surface area contributed by atoms with E-state index in [0.29, 0.717) is 12.1 Å². The van der Waals surface area contributed by atoms with E-state index >= 15 is 0 Å². The minimum absolute atomic E-state index is 0.189. The van der Waals surface area contributed by atoms with Gasteiger partial charge in [-0.2, -0.15) is 0 Å². The molecule has 21 heavy (non-hydrogen) atoms. The van der Waals surface area contributed by atoms with Crippen molar-refractivity contribution in [2.24, 2.45) is 0 Å². The van der Waals surface area contributed by atoms with Gasteiger partial charge in [-0.05, 0) is 58.2 Å². The number of nitrogens with one attached hydrogen (secondary N) is 1. The number of amides is 1. The average molecular weight is 289 g/mol. The van der Waals surface area contributed by atoms with Crippen molar-refractivity contribution in [2.45, 2.75) is 64.1 Å². The van der Waals surface area contributed by atoms with Gasteiger partial charge in [0.05, 0.1) is 0 Å². The fourth-order valence-corrected chi connectivity index (χ4v) is 3.24. The summed E-state index contributed by atoms with van der Waals surface area (Å²) < 4.78 is 2.17. The number of aromatic nitrogens is 1. The predicted molar refractivity (Wildman–Crippen MR) is 84.5 cm³/mol. The molecule has 2 fully saturated rings. The lowest BCUT2D eigenvalue weighted by Crippen LogP contribution is -2.48. The Morgan fingerprint density at radius 2 is 2.19 bits per heavy atom. The third kappa shape index (κ3) is 3.31. The fourth-order valence-electron chi connectivity index (χ4n) is 3.24. The second-order valence-corrected chi connectivity index (χ2v) is 6.73. The van der Waals surface area contributed by atoms with Gasteiger partial charge in [0.25, 0.3) is 5.91 Å². The molecule has 116 valence electrons. The summed E-state index contributed by atoms with van der Waals surface area (Å²) in [5.41, 5.74) is 0.863. The molecule has 1 aromatic heterocycles. The summed E-state index contributed by atoms with van der Waals surface area (Å²) in [4.78, 5) is 15.0. The Labute approximate surface area is 127 Å². The number of rotatable bonds is 5. The highest BCUT2D eigenvalue weighted by molar-refractivity contribution is 5.93. The highest BCUT2D eigenvalue weighted by Gasteiger charge is 2.30. The van der Waals surface area contributed by atoms with Gasteiger partial charge in [-0.15, -0.1) is 0 Å². The lowest BCUT2D eigenvalue weighted by atomic mass is 10.0. The first-order chi connectivity index (χ1) is 10.2. The maximum Gasteiger partial charge on any atom is 0.270 e. The van der Waals surface area contributed by atoms with Crippen LogP contribution in [-0.4, -0.2) is 40.5 Å². The van der Waals surface area contributed by atoms with E-state index in [-0.39, 0.29) is 11.9 Å². The normalized spacial score (nSPS) is 22.5. The Morgan fingerprint density at radius 3 is 2.81 bits per heavy atom. The molecule has 2 heterocycles. The molecule has 1 amide bonds. The van der Waals surface area contributed by atoms with Crippen LogP contribution in [0.25, 0.3) is 0 Å². The number of carbonyl (C=O) groups is 1. The van der Waals surface area contributed by atoms with E-state index in [1.54, 1.807) is 0 Å². The van der Waals surface area contributed by atoms with Crippen LogP contribution in [0.1, 0.15) is 62.5 Å². The van der Waals surface area contributed by atoms with Crippen LogP contribution in [0.2, 0.25) is 0 Å². The van der Waals surface area contributed by atoms with Gasteiger partial charge in [0.15, 0.2) is 0 Å². The summed E-state index contributed by atoms with van der Waals surface area (Å²) in [6, 6.07) is 5.23. The number of hydrogen-bond donors (Lipinski definition) is 1. The summed E-state index contributed by atoms with van der Waals surface area (Å²) in [6.45, 7) is 6.14. The lowest BCUT2D eigenvalue weighted by Gasteiger charge is -2.33. The molecule has 4 heteroatoms. The summed E-state index contributed by atoms with van der Waals surface area (Å²) in [6.07, 6.45) is 8.19. The molecule has 3 rings (SSSR count). The standard InChI is InChI=1S/C17H27N3O/c1-13(2)20(12-14-6-3-4-10-18-14)17(21)16-7-5-11-19(16)15-8-9-15/h5,7,11,13-15,18H,3-4,6,8-10,12H2,1-2H3. The van der Waals surface area contributed by atoms with Crippen LogP contribution in [0.15, 0.2) is 18.3 Å². The largest absolute Gasteiger partial charge is 0.340 e. The van der Waals surface area contributed by atoms with E-state index in [9.17, 15) is 4.79 Å². The van der Waals surface area contributed by atoms with Crippen LogP contribution < -0.4 is 5.32 Å². The molecule has 0 bridgehead atoms. The van der Waals surface area contributed by atoms with Gasteiger partial charge in [-0.1, -0.05) is 6.42 Å². The van der Waals surface area contributed by atoms with Crippen molar-refractivity contribution in [3.05, 3.63) is 24.0 Å². The van der Waals surface area contributed by atoms with Gasteiger partial charge in [0.1, 0.15) is 5.69 Å². The van der Waals surface area contributed by atoms with E-state index in [0.717, 1.165) is 18.8 Å². The second-order valence-electron chi connectivity index (χ2n) is 6.73. The zero-order valence-electron chi connectivity index (χ0n) is 13.2.